The quantitative estimate of drug-likeness (QED) is 0.357. The van der Waals surface area contributed by atoms with Crippen LogP contribution in [-0.4, -0.2) is 88.8 Å². The van der Waals surface area contributed by atoms with Gasteiger partial charge in [0.05, 0.1) is 36.1 Å². The molecule has 0 unspecified atom stereocenters. The van der Waals surface area contributed by atoms with E-state index in [0.29, 0.717) is 12.8 Å². The van der Waals surface area contributed by atoms with E-state index in [2.05, 4.69) is 0 Å². The van der Waals surface area contributed by atoms with E-state index in [-0.39, 0.29) is 56.1 Å². The van der Waals surface area contributed by atoms with Crippen LogP contribution >= 0.6 is 0 Å². The highest BCUT2D eigenvalue weighted by Gasteiger charge is 2.94. The Morgan fingerprint density at radius 1 is 1.02 bits per heavy atom. The van der Waals surface area contributed by atoms with Crippen molar-refractivity contribution < 1.29 is 52.7 Å². The van der Waals surface area contributed by atoms with E-state index in [4.69, 9.17) is 28.4 Å². The third-order valence-corrected chi connectivity index (χ3v) is 13.6. The highest BCUT2D eigenvalue weighted by Crippen LogP contribution is 2.77. The van der Waals surface area contributed by atoms with Gasteiger partial charge >= 0.3 is 11.9 Å². The highest BCUT2D eigenvalue weighted by atomic mass is 16.8. The SMILES string of the molecule is CO[C@@H]1CC(=O)[C@]2(C)[C@H]3CC[C@@]4(O)C(=O)O[C@@]5(C)[C@H]6C[C@@]7(C)[C@@H](CO[C@@]8(O[C@]45[C@H]7C8=O)[C@@H]3C[C@H]3O[C@]32C1)C(=O)O6. The summed E-state index contributed by atoms with van der Waals surface area (Å²) in [7, 11) is 1.59. The zero-order valence-corrected chi connectivity index (χ0v) is 23.0. The average Bonchev–Trinajstić information content (AvgIpc) is 3.49. The van der Waals surface area contributed by atoms with Gasteiger partial charge in [0.1, 0.15) is 17.5 Å². The lowest BCUT2D eigenvalue weighted by Crippen LogP contribution is -2.79. The molecular weight excluding hydrogens is 524 g/mol. The van der Waals surface area contributed by atoms with E-state index in [1.165, 1.54) is 0 Å². The molecule has 3 aliphatic carbocycles. The molecule has 40 heavy (non-hydrogen) atoms. The summed E-state index contributed by atoms with van der Waals surface area (Å²) in [6, 6.07) is 0. The second kappa shape index (κ2) is 6.51. The number of fused-ring (bicyclic) bond motifs is 4. The maximum absolute atomic E-state index is 15.0. The van der Waals surface area contributed by atoms with Gasteiger partial charge in [0, 0.05) is 25.9 Å². The summed E-state index contributed by atoms with van der Waals surface area (Å²) in [5, 5.41) is 12.5. The fourth-order valence-corrected chi connectivity index (χ4v) is 11.5. The highest BCUT2D eigenvalue weighted by molar-refractivity contribution is 5.99. The number of Topliss-reactive ketones (excluding diaryl/α,β-unsaturated/α-hetero) is 2. The van der Waals surface area contributed by atoms with Crippen molar-refractivity contribution >= 4 is 23.5 Å². The van der Waals surface area contributed by atoms with Crippen LogP contribution in [0, 0.1) is 34.5 Å². The molecular formula is C29H34O11. The number of methoxy groups -OCH3 is 1. The van der Waals surface area contributed by atoms with E-state index >= 15 is 4.79 Å². The minimum absolute atomic E-state index is 0.0238. The van der Waals surface area contributed by atoms with E-state index in [9.17, 15) is 19.5 Å². The molecule has 9 rings (SSSR count). The Balaban J connectivity index is 1.30. The number of hydrogen-bond donors (Lipinski definition) is 1. The van der Waals surface area contributed by atoms with Crippen LogP contribution in [0.4, 0.5) is 0 Å². The molecule has 0 amide bonds. The Hall–Kier alpha value is -1.92. The predicted octanol–water partition coefficient (Wildman–Crippen LogP) is 0.617. The Morgan fingerprint density at radius 3 is 2.55 bits per heavy atom. The molecule has 0 aromatic heterocycles. The lowest BCUT2D eigenvalue weighted by molar-refractivity contribution is -0.376. The number of carbonyl (C=O) groups excluding carboxylic acids is 4. The Morgan fingerprint density at radius 2 is 1.80 bits per heavy atom. The van der Waals surface area contributed by atoms with Crippen molar-refractivity contribution in [3.63, 3.8) is 0 Å². The van der Waals surface area contributed by atoms with Crippen molar-refractivity contribution in [3.8, 4) is 0 Å². The van der Waals surface area contributed by atoms with Gasteiger partial charge in [-0.2, -0.15) is 0 Å². The molecule has 6 aliphatic heterocycles. The predicted molar refractivity (Wildman–Crippen MR) is 128 cm³/mol. The number of esters is 2. The van der Waals surface area contributed by atoms with Crippen molar-refractivity contribution in [2.75, 3.05) is 13.7 Å². The normalized spacial score (nSPS) is 63.8. The number of ether oxygens (including phenoxy) is 6. The summed E-state index contributed by atoms with van der Waals surface area (Å²) in [5.41, 5.74) is -8.36. The van der Waals surface area contributed by atoms with E-state index < -0.39 is 80.7 Å². The first-order chi connectivity index (χ1) is 18.8. The lowest BCUT2D eigenvalue weighted by Gasteiger charge is -2.63. The first kappa shape index (κ1) is 24.7. The van der Waals surface area contributed by atoms with Gasteiger partial charge in [0.15, 0.2) is 22.6 Å². The van der Waals surface area contributed by atoms with Crippen LogP contribution in [0.15, 0.2) is 0 Å². The summed E-state index contributed by atoms with van der Waals surface area (Å²) in [4.78, 5) is 56.2. The second-order valence-electron chi connectivity index (χ2n) is 14.5. The molecule has 0 aromatic carbocycles. The molecule has 9 aliphatic rings. The second-order valence-corrected chi connectivity index (χ2v) is 14.5. The summed E-state index contributed by atoms with van der Waals surface area (Å²) in [5.74, 6) is -6.57. The summed E-state index contributed by atoms with van der Waals surface area (Å²) in [6.45, 7) is 5.28. The zero-order valence-electron chi connectivity index (χ0n) is 23.0. The van der Waals surface area contributed by atoms with Crippen molar-refractivity contribution in [1.82, 2.24) is 0 Å². The largest absolute Gasteiger partial charge is 0.458 e. The monoisotopic (exact) mass is 558 g/mol. The van der Waals surface area contributed by atoms with Crippen LogP contribution in [-0.2, 0) is 47.6 Å². The van der Waals surface area contributed by atoms with Crippen LogP contribution < -0.4 is 0 Å². The van der Waals surface area contributed by atoms with Crippen LogP contribution in [0.3, 0.4) is 0 Å². The molecule has 216 valence electrons. The van der Waals surface area contributed by atoms with Crippen molar-refractivity contribution in [2.45, 2.75) is 106 Å². The Bertz CT molecular complexity index is 1350. The maximum atomic E-state index is 15.0. The van der Waals surface area contributed by atoms with Crippen molar-refractivity contribution in [2.24, 2.45) is 34.5 Å². The molecule has 6 heterocycles. The average molecular weight is 559 g/mol. The summed E-state index contributed by atoms with van der Waals surface area (Å²) >= 11 is 0. The van der Waals surface area contributed by atoms with Gasteiger partial charge in [-0.1, -0.05) is 6.92 Å². The fourth-order valence-electron chi connectivity index (χ4n) is 11.5. The number of epoxide rings is 1. The standard InChI is InChI=1S/C29H34O11/c1-23-10-18-25(3)29-19(23)20(31)28(40-29,36-11-15(23)21(32)37-18)14-8-17-27(38-17)9-12(35-4)7-16(30)24(27,2)13(14)5-6-26(29,34)22(33)39-25/h12-15,17-19,34H,5-11H2,1-4H3/t12-,13+,14-,15+,17-,18-,19+,23+,24+,25+,26-,27-,28-,29+/m1/s1. The minimum atomic E-state index is -2.21. The van der Waals surface area contributed by atoms with Gasteiger partial charge < -0.3 is 33.5 Å². The van der Waals surface area contributed by atoms with Crippen molar-refractivity contribution in [3.05, 3.63) is 0 Å². The maximum Gasteiger partial charge on any atom is 0.342 e. The third kappa shape index (κ3) is 2.05. The van der Waals surface area contributed by atoms with Gasteiger partial charge in [-0.3, -0.25) is 14.4 Å². The number of rotatable bonds is 1. The van der Waals surface area contributed by atoms with E-state index in [1.54, 1.807) is 14.0 Å². The first-order valence-electron chi connectivity index (χ1n) is 14.6. The molecule has 11 heteroatoms. The van der Waals surface area contributed by atoms with Gasteiger partial charge in [0.25, 0.3) is 0 Å². The number of ketones is 2. The minimum Gasteiger partial charge on any atom is -0.458 e. The topological polar surface area (TPSA) is 147 Å². The molecule has 3 spiro atoms. The first-order valence-corrected chi connectivity index (χ1v) is 14.6. The van der Waals surface area contributed by atoms with E-state index in [1.807, 2.05) is 13.8 Å². The van der Waals surface area contributed by atoms with Crippen LogP contribution in [0.2, 0.25) is 0 Å². The number of hydrogen-bond acceptors (Lipinski definition) is 11. The van der Waals surface area contributed by atoms with Crippen LogP contribution in [0.25, 0.3) is 0 Å². The van der Waals surface area contributed by atoms with E-state index in [0.717, 1.165) is 0 Å². The molecule has 11 nitrogen and oxygen atoms in total. The van der Waals surface area contributed by atoms with Gasteiger partial charge in [-0.15, -0.1) is 0 Å². The molecule has 5 bridgehead atoms. The summed E-state index contributed by atoms with van der Waals surface area (Å²) in [6.07, 6.45) is 0.203. The summed E-state index contributed by atoms with van der Waals surface area (Å²) < 4.78 is 37.4. The third-order valence-electron chi connectivity index (χ3n) is 13.6. The molecule has 0 radical (unpaired) electrons. The van der Waals surface area contributed by atoms with Gasteiger partial charge in [-0.25, -0.2) is 4.79 Å². The van der Waals surface area contributed by atoms with Gasteiger partial charge in [-0.05, 0) is 50.9 Å². The molecule has 0 aromatic rings. The Labute approximate surface area is 230 Å². The van der Waals surface area contributed by atoms with Gasteiger partial charge in [0.2, 0.25) is 5.79 Å². The molecule has 6 saturated heterocycles. The van der Waals surface area contributed by atoms with Crippen LogP contribution in [0.1, 0.15) is 59.3 Å². The molecule has 1 N–H and O–H groups in total. The Kier molecular flexibility index (Phi) is 4.02. The molecule has 9 fully saturated rings. The lowest BCUT2D eigenvalue weighted by atomic mass is 9.46. The number of aliphatic hydroxyl groups is 1. The smallest absolute Gasteiger partial charge is 0.342 e. The van der Waals surface area contributed by atoms with Crippen molar-refractivity contribution in [1.29, 1.82) is 0 Å². The zero-order chi connectivity index (χ0) is 28.0. The molecule has 3 saturated carbocycles. The fraction of sp³-hybridized carbons (Fsp3) is 0.862. The van der Waals surface area contributed by atoms with Crippen LogP contribution in [0.5, 0.6) is 0 Å². The molecule has 14 atom stereocenters. The number of carbonyl (C=O) groups is 4.